The average Bonchev–Trinajstić information content (AvgIpc) is 1.81. The van der Waals surface area contributed by atoms with Gasteiger partial charge in [-0.1, -0.05) is 0 Å². The van der Waals surface area contributed by atoms with Gasteiger partial charge in [0.25, 0.3) is 0 Å². The van der Waals surface area contributed by atoms with Crippen molar-refractivity contribution in [2.75, 3.05) is 34.3 Å². The number of esters is 1. The Morgan fingerprint density at radius 3 is 2.38 bits per heavy atom. The van der Waals surface area contributed by atoms with Crippen molar-refractivity contribution in [1.82, 2.24) is 0 Å². The molecule has 0 amide bonds. The number of hydrogen-bond acceptors (Lipinski definition) is 3. The Labute approximate surface area is 79.7 Å². The van der Waals surface area contributed by atoms with Crippen molar-refractivity contribution in [2.24, 2.45) is 0 Å². The van der Waals surface area contributed by atoms with Crippen LogP contribution in [0.25, 0.3) is 0 Å². The van der Waals surface area contributed by atoms with Gasteiger partial charge in [0.15, 0.2) is 0 Å². The lowest BCUT2D eigenvalue weighted by Crippen LogP contribution is -2.42. The summed E-state index contributed by atoms with van der Waals surface area (Å²) in [4.78, 5) is 11.0. The van der Waals surface area contributed by atoms with Crippen LogP contribution in [0, 0.1) is 0 Å². The van der Waals surface area contributed by atoms with Gasteiger partial charge in [-0.25, -0.2) is 0 Å². The topological polar surface area (TPSA) is 46.5 Å². The Kier molecular flexibility index (Phi) is 4.95. The third-order valence-corrected chi connectivity index (χ3v) is 1.47. The number of aliphatic hydroxyl groups excluding tert-OH is 1. The third-order valence-electron chi connectivity index (χ3n) is 1.47. The molecule has 0 aliphatic carbocycles. The number of aliphatic hydroxyl groups is 1. The first kappa shape index (κ1) is 12.4. The van der Waals surface area contributed by atoms with Crippen molar-refractivity contribution in [2.45, 2.75) is 19.4 Å². The van der Waals surface area contributed by atoms with Gasteiger partial charge < -0.3 is 14.3 Å². The Morgan fingerprint density at radius 1 is 1.46 bits per heavy atom. The monoisotopic (exact) mass is 190 g/mol. The summed E-state index contributed by atoms with van der Waals surface area (Å²) >= 11 is 0. The summed E-state index contributed by atoms with van der Waals surface area (Å²) in [5.41, 5.74) is 0. The van der Waals surface area contributed by atoms with Gasteiger partial charge in [0.1, 0.15) is 12.6 Å². The third kappa shape index (κ3) is 7.74. The quantitative estimate of drug-likeness (QED) is 0.490. The Hall–Kier alpha value is -0.610. The van der Waals surface area contributed by atoms with Crippen LogP contribution in [0.15, 0.2) is 0 Å². The van der Waals surface area contributed by atoms with Gasteiger partial charge >= 0.3 is 5.97 Å². The summed E-state index contributed by atoms with van der Waals surface area (Å²) < 4.78 is 5.36. The summed E-state index contributed by atoms with van der Waals surface area (Å²) in [6.07, 6.45) is -0.525. The molecule has 1 N–H and O–H groups in total. The molecule has 0 spiro atoms. The van der Waals surface area contributed by atoms with E-state index in [1.165, 1.54) is 0 Å². The minimum absolute atomic E-state index is 0.0867. The molecule has 0 bridgehead atoms. The molecule has 0 saturated carbocycles. The van der Waals surface area contributed by atoms with E-state index in [4.69, 9.17) is 4.74 Å². The van der Waals surface area contributed by atoms with Gasteiger partial charge in [0.05, 0.1) is 34.2 Å². The van der Waals surface area contributed by atoms with Gasteiger partial charge in [-0.2, -0.15) is 0 Å². The lowest BCUT2D eigenvalue weighted by Gasteiger charge is -2.26. The molecular formula is C9H20NO3+. The van der Waals surface area contributed by atoms with Crippen molar-refractivity contribution in [3.05, 3.63) is 0 Å². The number of carbonyl (C=O) groups excluding carboxylic acids is 1. The molecule has 0 fully saturated rings. The zero-order valence-electron chi connectivity index (χ0n) is 8.91. The Balaban J connectivity index is 3.74. The van der Waals surface area contributed by atoms with Crippen molar-refractivity contribution < 1.29 is 19.1 Å². The van der Waals surface area contributed by atoms with E-state index in [1.54, 1.807) is 6.92 Å². The van der Waals surface area contributed by atoms with E-state index >= 15 is 0 Å². The fraction of sp³-hybridized carbons (Fsp3) is 0.889. The van der Waals surface area contributed by atoms with E-state index in [0.29, 0.717) is 17.6 Å². The molecule has 0 unspecified atom stereocenters. The van der Waals surface area contributed by atoms with Crippen LogP contribution in [0.4, 0.5) is 0 Å². The summed E-state index contributed by atoms with van der Waals surface area (Å²) in [6.45, 7) is 2.68. The SMILES string of the molecule is CCOC(=O)C[C@H](O)C[N+](C)(C)C. The smallest absolute Gasteiger partial charge is 0.308 e. The number of quaternary nitrogens is 1. The Bertz CT molecular complexity index is 163. The molecule has 0 radical (unpaired) electrons. The maximum absolute atomic E-state index is 11.0. The first-order valence-corrected chi connectivity index (χ1v) is 4.49. The van der Waals surface area contributed by atoms with Gasteiger partial charge in [-0.05, 0) is 6.92 Å². The molecule has 0 saturated heterocycles. The molecule has 4 heteroatoms. The van der Waals surface area contributed by atoms with Gasteiger partial charge in [0.2, 0.25) is 0 Å². The molecule has 4 nitrogen and oxygen atoms in total. The number of hydrogen-bond donors (Lipinski definition) is 1. The van der Waals surface area contributed by atoms with Crippen LogP contribution < -0.4 is 0 Å². The summed E-state index contributed by atoms with van der Waals surface area (Å²) in [7, 11) is 5.90. The second-order valence-electron chi connectivity index (χ2n) is 4.14. The number of nitrogens with zero attached hydrogens (tertiary/aromatic N) is 1. The van der Waals surface area contributed by atoms with E-state index in [0.717, 1.165) is 0 Å². The van der Waals surface area contributed by atoms with E-state index in [1.807, 2.05) is 21.1 Å². The van der Waals surface area contributed by atoms with Gasteiger partial charge in [-0.3, -0.25) is 4.79 Å². The van der Waals surface area contributed by atoms with Crippen molar-refractivity contribution >= 4 is 5.97 Å². The standard InChI is InChI=1S/C9H20NO3/c1-5-13-9(12)6-8(11)7-10(2,3)4/h8,11H,5-7H2,1-4H3/q+1/t8-/m0/s1. The highest BCUT2D eigenvalue weighted by Gasteiger charge is 2.18. The molecule has 0 aliphatic rings. The van der Waals surface area contributed by atoms with Crippen LogP contribution in [0.5, 0.6) is 0 Å². The molecule has 0 aromatic carbocycles. The van der Waals surface area contributed by atoms with E-state index < -0.39 is 6.10 Å². The molecule has 0 aliphatic heterocycles. The molecule has 1 atom stereocenters. The van der Waals surface area contributed by atoms with Crippen LogP contribution >= 0.6 is 0 Å². The zero-order valence-corrected chi connectivity index (χ0v) is 8.91. The summed E-state index contributed by atoms with van der Waals surface area (Å²) in [5, 5.41) is 9.47. The highest BCUT2D eigenvalue weighted by atomic mass is 16.5. The molecule has 0 aromatic rings. The fourth-order valence-corrected chi connectivity index (χ4v) is 1.11. The maximum atomic E-state index is 11.0. The minimum Gasteiger partial charge on any atom is -0.466 e. The predicted octanol–water partition coefficient (Wildman–Crippen LogP) is 0.00670. The molecule has 13 heavy (non-hydrogen) atoms. The van der Waals surface area contributed by atoms with E-state index in [-0.39, 0.29) is 12.4 Å². The van der Waals surface area contributed by atoms with E-state index in [2.05, 4.69) is 0 Å². The molecule has 0 rings (SSSR count). The van der Waals surface area contributed by atoms with Crippen molar-refractivity contribution in [3.63, 3.8) is 0 Å². The first-order valence-electron chi connectivity index (χ1n) is 4.49. The molecule has 0 aromatic heterocycles. The molecule has 0 heterocycles. The van der Waals surface area contributed by atoms with Crippen molar-refractivity contribution in [1.29, 1.82) is 0 Å². The summed E-state index contributed by atoms with van der Waals surface area (Å²) in [6, 6.07) is 0. The maximum Gasteiger partial charge on any atom is 0.308 e. The van der Waals surface area contributed by atoms with Crippen LogP contribution in [0.2, 0.25) is 0 Å². The largest absolute Gasteiger partial charge is 0.466 e. The van der Waals surface area contributed by atoms with Crippen LogP contribution in [0.3, 0.4) is 0 Å². The highest BCUT2D eigenvalue weighted by Crippen LogP contribution is 2.00. The number of ether oxygens (including phenoxy) is 1. The number of rotatable bonds is 5. The van der Waals surface area contributed by atoms with Crippen LogP contribution in [-0.4, -0.2) is 56.0 Å². The Morgan fingerprint density at radius 2 is 2.00 bits per heavy atom. The van der Waals surface area contributed by atoms with Crippen molar-refractivity contribution in [3.8, 4) is 0 Å². The molecule has 78 valence electrons. The van der Waals surface area contributed by atoms with Crippen LogP contribution in [-0.2, 0) is 9.53 Å². The second-order valence-corrected chi connectivity index (χ2v) is 4.14. The zero-order chi connectivity index (χ0) is 10.5. The minimum atomic E-state index is -0.612. The molecular weight excluding hydrogens is 170 g/mol. The van der Waals surface area contributed by atoms with Crippen LogP contribution in [0.1, 0.15) is 13.3 Å². The fourth-order valence-electron chi connectivity index (χ4n) is 1.11. The predicted molar refractivity (Wildman–Crippen MR) is 50.2 cm³/mol. The normalized spacial score (nSPS) is 13.9. The van der Waals surface area contributed by atoms with Gasteiger partial charge in [-0.15, -0.1) is 0 Å². The second kappa shape index (κ2) is 5.19. The summed E-state index contributed by atoms with van der Waals surface area (Å²) in [5.74, 6) is -0.330. The van der Waals surface area contributed by atoms with Gasteiger partial charge in [0, 0.05) is 0 Å². The average molecular weight is 190 g/mol. The number of likely N-dealkylation sites (N-methyl/N-ethyl adjacent to an activating group) is 1. The number of carbonyl (C=O) groups is 1. The van der Waals surface area contributed by atoms with E-state index in [9.17, 15) is 9.90 Å². The first-order chi connectivity index (χ1) is 5.85. The lowest BCUT2D eigenvalue weighted by molar-refractivity contribution is -0.873. The lowest BCUT2D eigenvalue weighted by atomic mass is 10.2. The highest BCUT2D eigenvalue weighted by molar-refractivity contribution is 5.69.